The number of hydrogen-bond acceptors (Lipinski definition) is 4. The van der Waals surface area contributed by atoms with E-state index in [-0.39, 0.29) is 24.0 Å². The summed E-state index contributed by atoms with van der Waals surface area (Å²) in [6.45, 7) is 4.75. The highest BCUT2D eigenvalue weighted by atomic mass is 127. The van der Waals surface area contributed by atoms with Crippen LogP contribution < -0.4 is 15.2 Å². The van der Waals surface area contributed by atoms with E-state index >= 15 is 0 Å². The number of rotatable bonds is 5. The van der Waals surface area contributed by atoms with Crippen molar-refractivity contribution in [2.24, 2.45) is 16.6 Å². The number of benzene rings is 1. The lowest BCUT2D eigenvalue weighted by molar-refractivity contribution is 0.270. The number of ether oxygens (including phenoxy) is 2. The number of hydrogen-bond donors (Lipinski definition) is 1. The van der Waals surface area contributed by atoms with E-state index in [1.165, 1.54) is 12.8 Å². The van der Waals surface area contributed by atoms with Crippen molar-refractivity contribution >= 4 is 29.9 Å². The molecule has 2 N–H and O–H groups in total. The standard InChI is InChI=1S/C20H26N4O2.HI/c1-15-5-4-10-24(14-15)20(21)23-13-16-8-9-19(22-12-16)26-18-7-3-6-17(11-18)25-2;/h3,6-9,11-12,15H,4-5,10,13-14H2,1-2H3,(H2,21,23);1H. The zero-order valence-corrected chi connectivity index (χ0v) is 18.1. The molecule has 3 rings (SSSR count). The Morgan fingerprint density at radius 3 is 2.81 bits per heavy atom. The van der Waals surface area contributed by atoms with E-state index in [0.717, 1.165) is 24.4 Å². The van der Waals surface area contributed by atoms with Gasteiger partial charge in [-0.25, -0.2) is 9.98 Å². The Hall–Kier alpha value is -2.03. The van der Waals surface area contributed by atoms with Crippen molar-refractivity contribution < 1.29 is 9.47 Å². The fraction of sp³-hybridized carbons (Fsp3) is 0.400. The van der Waals surface area contributed by atoms with E-state index in [0.29, 0.717) is 30.1 Å². The first-order chi connectivity index (χ1) is 12.6. The fourth-order valence-electron chi connectivity index (χ4n) is 3.02. The van der Waals surface area contributed by atoms with Crippen molar-refractivity contribution in [2.45, 2.75) is 26.3 Å². The molecule has 1 atom stereocenters. The molecule has 1 unspecified atom stereocenters. The zero-order valence-electron chi connectivity index (χ0n) is 15.8. The number of likely N-dealkylation sites (tertiary alicyclic amines) is 1. The van der Waals surface area contributed by atoms with Crippen LogP contribution >= 0.6 is 24.0 Å². The van der Waals surface area contributed by atoms with Gasteiger partial charge in [0, 0.05) is 31.4 Å². The van der Waals surface area contributed by atoms with Crippen LogP contribution in [0.2, 0.25) is 0 Å². The van der Waals surface area contributed by atoms with E-state index < -0.39 is 0 Å². The average molecular weight is 482 g/mol. The van der Waals surface area contributed by atoms with Crippen molar-refractivity contribution in [3.63, 3.8) is 0 Å². The lowest BCUT2D eigenvalue weighted by Gasteiger charge is -2.31. The number of halogens is 1. The molecule has 6 nitrogen and oxygen atoms in total. The zero-order chi connectivity index (χ0) is 18.4. The number of piperidine rings is 1. The summed E-state index contributed by atoms with van der Waals surface area (Å²) in [6.07, 6.45) is 4.21. The van der Waals surface area contributed by atoms with Crippen molar-refractivity contribution in [2.75, 3.05) is 20.2 Å². The van der Waals surface area contributed by atoms with Crippen molar-refractivity contribution in [1.82, 2.24) is 9.88 Å². The lowest BCUT2D eigenvalue weighted by Crippen LogP contribution is -2.43. The average Bonchev–Trinajstić information content (AvgIpc) is 2.67. The summed E-state index contributed by atoms with van der Waals surface area (Å²) >= 11 is 0. The molecule has 27 heavy (non-hydrogen) atoms. The third kappa shape index (κ3) is 6.27. The molecule has 0 radical (unpaired) electrons. The number of methoxy groups -OCH3 is 1. The number of pyridine rings is 1. The maximum Gasteiger partial charge on any atom is 0.219 e. The molecular weight excluding hydrogens is 455 g/mol. The van der Waals surface area contributed by atoms with E-state index in [4.69, 9.17) is 15.2 Å². The third-order valence-corrected chi connectivity index (χ3v) is 4.47. The molecule has 2 aromatic rings. The van der Waals surface area contributed by atoms with Gasteiger partial charge in [-0.3, -0.25) is 0 Å². The Morgan fingerprint density at radius 1 is 1.30 bits per heavy atom. The molecular formula is C20H27IN4O2. The molecule has 0 bridgehead atoms. The second-order valence-corrected chi connectivity index (χ2v) is 6.65. The summed E-state index contributed by atoms with van der Waals surface area (Å²) in [5.74, 6) is 3.26. The van der Waals surface area contributed by atoms with Gasteiger partial charge < -0.3 is 20.1 Å². The van der Waals surface area contributed by atoms with E-state index in [1.54, 1.807) is 13.3 Å². The van der Waals surface area contributed by atoms with Crippen molar-refractivity contribution in [1.29, 1.82) is 0 Å². The van der Waals surface area contributed by atoms with Gasteiger partial charge in [0.2, 0.25) is 5.88 Å². The maximum absolute atomic E-state index is 6.14. The van der Waals surface area contributed by atoms with Gasteiger partial charge in [-0.05, 0) is 36.5 Å². The highest BCUT2D eigenvalue weighted by Gasteiger charge is 2.17. The summed E-state index contributed by atoms with van der Waals surface area (Å²) in [5, 5.41) is 0. The van der Waals surface area contributed by atoms with Gasteiger partial charge in [0.25, 0.3) is 0 Å². The Kier molecular flexibility index (Phi) is 8.15. The number of guanidine groups is 1. The predicted octanol–water partition coefficient (Wildman–Crippen LogP) is 4.05. The van der Waals surface area contributed by atoms with Gasteiger partial charge in [-0.15, -0.1) is 24.0 Å². The second kappa shape index (κ2) is 10.3. The van der Waals surface area contributed by atoms with Crippen LogP contribution in [-0.4, -0.2) is 36.0 Å². The Labute approximate surface area is 177 Å². The summed E-state index contributed by atoms with van der Waals surface area (Å²) in [4.78, 5) is 11.0. The van der Waals surface area contributed by atoms with Crippen LogP contribution in [-0.2, 0) is 6.54 Å². The maximum atomic E-state index is 6.14. The Balaban J connectivity index is 0.00000261. The minimum absolute atomic E-state index is 0. The van der Waals surface area contributed by atoms with E-state index in [9.17, 15) is 0 Å². The molecule has 1 aliphatic heterocycles. The molecule has 1 aromatic heterocycles. The summed E-state index contributed by atoms with van der Waals surface area (Å²) in [6, 6.07) is 11.2. The van der Waals surface area contributed by atoms with E-state index in [2.05, 4.69) is 21.8 Å². The minimum atomic E-state index is 0. The van der Waals surface area contributed by atoms with Gasteiger partial charge in [0.05, 0.1) is 13.7 Å². The lowest BCUT2D eigenvalue weighted by atomic mass is 10.0. The van der Waals surface area contributed by atoms with Gasteiger partial charge in [0.15, 0.2) is 5.96 Å². The van der Waals surface area contributed by atoms with Crippen LogP contribution in [0.4, 0.5) is 0 Å². The summed E-state index contributed by atoms with van der Waals surface area (Å²) in [5.41, 5.74) is 7.13. The van der Waals surface area contributed by atoms with Crippen LogP contribution in [0.15, 0.2) is 47.6 Å². The van der Waals surface area contributed by atoms with Gasteiger partial charge in [-0.2, -0.15) is 0 Å². The highest BCUT2D eigenvalue weighted by molar-refractivity contribution is 14.0. The smallest absolute Gasteiger partial charge is 0.219 e. The van der Waals surface area contributed by atoms with Gasteiger partial charge >= 0.3 is 0 Å². The quantitative estimate of drug-likeness (QED) is 0.396. The van der Waals surface area contributed by atoms with Crippen LogP contribution in [0, 0.1) is 5.92 Å². The highest BCUT2D eigenvalue weighted by Crippen LogP contribution is 2.24. The van der Waals surface area contributed by atoms with Crippen molar-refractivity contribution in [3.05, 3.63) is 48.2 Å². The molecule has 0 saturated carbocycles. The molecule has 0 amide bonds. The monoisotopic (exact) mass is 482 g/mol. The molecule has 146 valence electrons. The number of aromatic nitrogens is 1. The minimum Gasteiger partial charge on any atom is -0.497 e. The number of aliphatic imine (C=N–C) groups is 1. The van der Waals surface area contributed by atoms with Gasteiger partial charge in [0.1, 0.15) is 11.5 Å². The third-order valence-electron chi connectivity index (χ3n) is 4.47. The molecule has 7 heteroatoms. The SMILES string of the molecule is COc1cccc(Oc2ccc(CN=C(N)N3CCCC(C)C3)cn2)c1.I. The molecule has 1 saturated heterocycles. The van der Waals surface area contributed by atoms with Crippen molar-refractivity contribution in [3.8, 4) is 17.4 Å². The Bertz CT molecular complexity index is 752. The Morgan fingerprint density at radius 2 is 2.11 bits per heavy atom. The van der Waals surface area contributed by atoms with Gasteiger partial charge in [-0.1, -0.05) is 19.1 Å². The molecule has 1 fully saturated rings. The molecule has 0 spiro atoms. The molecule has 1 aliphatic rings. The van der Waals surface area contributed by atoms with Crippen LogP contribution in [0.1, 0.15) is 25.3 Å². The second-order valence-electron chi connectivity index (χ2n) is 6.65. The normalized spacial score (nSPS) is 17.2. The topological polar surface area (TPSA) is 73.0 Å². The van der Waals surface area contributed by atoms with E-state index in [1.807, 2.05) is 36.4 Å². The molecule has 2 heterocycles. The largest absolute Gasteiger partial charge is 0.497 e. The van der Waals surface area contributed by atoms with Crippen LogP contribution in [0.5, 0.6) is 17.4 Å². The molecule has 0 aliphatic carbocycles. The van der Waals surface area contributed by atoms with Crippen LogP contribution in [0.25, 0.3) is 0 Å². The molecule has 1 aromatic carbocycles. The number of nitrogens with zero attached hydrogens (tertiary/aromatic N) is 3. The number of nitrogens with two attached hydrogens (primary N) is 1. The summed E-state index contributed by atoms with van der Waals surface area (Å²) < 4.78 is 10.9. The fourth-order valence-corrected chi connectivity index (χ4v) is 3.02. The first kappa shape index (κ1) is 21.3. The first-order valence-corrected chi connectivity index (χ1v) is 8.96. The first-order valence-electron chi connectivity index (χ1n) is 8.96. The predicted molar refractivity (Wildman–Crippen MR) is 118 cm³/mol. The summed E-state index contributed by atoms with van der Waals surface area (Å²) in [7, 11) is 1.63. The van der Waals surface area contributed by atoms with Crippen LogP contribution in [0.3, 0.4) is 0 Å².